The number of ether oxygens (including phenoxy) is 1. The third-order valence-corrected chi connectivity index (χ3v) is 3.61. The van der Waals surface area contributed by atoms with E-state index in [-0.39, 0.29) is 12.0 Å². The van der Waals surface area contributed by atoms with Gasteiger partial charge >= 0.3 is 0 Å². The second-order valence-corrected chi connectivity index (χ2v) is 6.29. The molecule has 0 aliphatic rings. The summed E-state index contributed by atoms with van der Waals surface area (Å²) in [4.78, 5) is 12.3. The van der Waals surface area contributed by atoms with Crippen molar-refractivity contribution in [3.63, 3.8) is 0 Å². The van der Waals surface area contributed by atoms with Crippen molar-refractivity contribution in [3.8, 4) is 0 Å². The Labute approximate surface area is 138 Å². The second kappa shape index (κ2) is 7.93. The number of amides is 1. The fraction of sp³-hybridized carbons (Fsp3) is 0.350. The highest BCUT2D eigenvalue weighted by Crippen LogP contribution is 2.19. The van der Waals surface area contributed by atoms with E-state index in [1.807, 2.05) is 56.3 Å². The van der Waals surface area contributed by atoms with Crippen molar-refractivity contribution in [2.24, 2.45) is 0 Å². The minimum absolute atomic E-state index is 0.0952. The van der Waals surface area contributed by atoms with Gasteiger partial charge in [0.15, 0.2) is 0 Å². The van der Waals surface area contributed by atoms with Gasteiger partial charge in [-0.25, -0.2) is 0 Å². The van der Waals surface area contributed by atoms with Crippen LogP contribution in [0.4, 0.5) is 5.69 Å². The van der Waals surface area contributed by atoms with Crippen LogP contribution in [0.1, 0.15) is 55.1 Å². The van der Waals surface area contributed by atoms with Crippen molar-refractivity contribution in [3.05, 3.63) is 65.2 Å². The molecule has 3 heteroatoms. The highest BCUT2D eigenvalue weighted by atomic mass is 16.5. The Morgan fingerprint density at radius 3 is 2.35 bits per heavy atom. The molecule has 0 radical (unpaired) electrons. The lowest BCUT2D eigenvalue weighted by Crippen LogP contribution is -2.12. The standard InChI is InChI=1S/C20H25NO2/c1-14(2)18-6-5-7-19(12-18)21-20(22)17-10-8-16(9-11-17)13-23-15(3)4/h5-12,14-15H,13H2,1-4H3,(H,21,22). The van der Waals surface area contributed by atoms with Gasteiger partial charge in [-0.1, -0.05) is 38.1 Å². The van der Waals surface area contributed by atoms with E-state index >= 15 is 0 Å². The molecule has 0 aliphatic carbocycles. The van der Waals surface area contributed by atoms with E-state index in [4.69, 9.17) is 4.74 Å². The maximum Gasteiger partial charge on any atom is 0.255 e. The molecule has 2 rings (SSSR count). The van der Waals surface area contributed by atoms with Crippen molar-refractivity contribution in [1.82, 2.24) is 0 Å². The molecular weight excluding hydrogens is 286 g/mol. The molecule has 122 valence electrons. The zero-order chi connectivity index (χ0) is 16.8. The molecule has 0 bridgehead atoms. The van der Waals surface area contributed by atoms with Gasteiger partial charge in [0, 0.05) is 11.3 Å². The molecule has 0 heterocycles. The summed E-state index contributed by atoms with van der Waals surface area (Å²) in [5, 5.41) is 2.95. The second-order valence-electron chi connectivity index (χ2n) is 6.29. The summed E-state index contributed by atoms with van der Waals surface area (Å²) in [7, 11) is 0. The zero-order valence-electron chi connectivity index (χ0n) is 14.3. The Hall–Kier alpha value is -2.13. The molecule has 0 spiro atoms. The molecule has 2 aromatic carbocycles. The third-order valence-electron chi connectivity index (χ3n) is 3.61. The van der Waals surface area contributed by atoms with Crippen LogP contribution in [0.5, 0.6) is 0 Å². The van der Waals surface area contributed by atoms with E-state index < -0.39 is 0 Å². The van der Waals surface area contributed by atoms with Crippen LogP contribution in [0.15, 0.2) is 48.5 Å². The van der Waals surface area contributed by atoms with Gasteiger partial charge < -0.3 is 10.1 Å². The molecule has 0 fully saturated rings. The lowest BCUT2D eigenvalue weighted by atomic mass is 10.0. The summed E-state index contributed by atoms with van der Waals surface area (Å²) in [5.74, 6) is 0.342. The molecule has 1 N–H and O–H groups in total. The topological polar surface area (TPSA) is 38.3 Å². The largest absolute Gasteiger partial charge is 0.374 e. The third kappa shape index (κ3) is 5.22. The van der Waals surface area contributed by atoms with Crippen LogP contribution >= 0.6 is 0 Å². The van der Waals surface area contributed by atoms with Crippen molar-refractivity contribution in [2.45, 2.75) is 46.3 Å². The molecule has 0 aromatic heterocycles. The van der Waals surface area contributed by atoms with Gasteiger partial charge in [0.05, 0.1) is 12.7 Å². The first kappa shape index (κ1) is 17.2. The van der Waals surface area contributed by atoms with E-state index in [0.29, 0.717) is 18.1 Å². The van der Waals surface area contributed by atoms with E-state index in [2.05, 4.69) is 25.2 Å². The normalized spacial score (nSPS) is 11.0. The number of carbonyl (C=O) groups excluding carboxylic acids is 1. The first-order valence-electron chi connectivity index (χ1n) is 8.07. The number of benzene rings is 2. The van der Waals surface area contributed by atoms with Crippen molar-refractivity contribution in [1.29, 1.82) is 0 Å². The van der Waals surface area contributed by atoms with Crippen molar-refractivity contribution >= 4 is 11.6 Å². The summed E-state index contributed by atoms with van der Waals surface area (Å²) in [5.41, 5.74) is 3.75. The molecule has 2 aromatic rings. The Morgan fingerprint density at radius 1 is 1.04 bits per heavy atom. The minimum atomic E-state index is -0.0952. The maximum absolute atomic E-state index is 12.3. The van der Waals surface area contributed by atoms with Crippen LogP contribution in [0.25, 0.3) is 0 Å². The monoisotopic (exact) mass is 311 g/mol. The van der Waals surface area contributed by atoms with E-state index in [1.54, 1.807) is 0 Å². The SMILES string of the molecule is CC(C)OCc1ccc(C(=O)Nc2cccc(C(C)C)c2)cc1. The van der Waals surface area contributed by atoms with Crippen LogP contribution < -0.4 is 5.32 Å². The molecule has 0 unspecified atom stereocenters. The van der Waals surface area contributed by atoms with E-state index in [0.717, 1.165) is 11.3 Å². The Balaban J connectivity index is 2.02. The lowest BCUT2D eigenvalue weighted by Gasteiger charge is -2.10. The van der Waals surface area contributed by atoms with Gasteiger partial charge in [-0.3, -0.25) is 4.79 Å². The van der Waals surface area contributed by atoms with Crippen LogP contribution in [-0.2, 0) is 11.3 Å². The number of rotatable bonds is 6. The summed E-state index contributed by atoms with van der Waals surface area (Å²) < 4.78 is 5.56. The van der Waals surface area contributed by atoms with Crippen molar-refractivity contribution in [2.75, 3.05) is 5.32 Å². The van der Waals surface area contributed by atoms with Gasteiger partial charge in [-0.15, -0.1) is 0 Å². The van der Waals surface area contributed by atoms with Gasteiger partial charge in [0.1, 0.15) is 0 Å². The van der Waals surface area contributed by atoms with Crippen molar-refractivity contribution < 1.29 is 9.53 Å². The number of nitrogens with one attached hydrogen (secondary N) is 1. The van der Waals surface area contributed by atoms with Crippen LogP contribution in [0.3, 0.4) is 0 Å². The average molecular weight is 311 g/mol. The lowest BCUT2D eigenvalue weighted by molar-refractivity contribution is 0.0657. The summed E-state index contributed by atoms with van der Waals surface area (Å²) in [6.45, 7) is 8.86. The number of carbonyl (C=O) groups is 1. The summed E-state index contributed by atoms with van der Waals surface area (Å²) in [6.07, 6.45) is 0.200. The molecular formula is C20H25NO2. The van der Waals surface area contributed by atoms with Gasteiger partial charge in [0.25, 0.3) is 5.91 Å². The maximum atomic E-state index is 12.3. The molecule has 0 saturated carbocycles. The molecule has 0 atom stereocenters. The predicted octanol–water partition coefficient (Wildman–Crippen LogP) is 4.99. The minimum Gasteiger partial charge on any atom is -0.374 e. The first-order chi connectivity index (χ1) is 11.0. The molecule has 23 heavy (non-hydrogen) atoms. The first-order valence-corrected chi connectivity index (χ1v) is 8.07. The number of anilines is 1. The quantitative estimate of drug-likeness (QED) is 0.816. The highest BCUT2D eigenvalue weighted by Gasteiger charge is 2.07. The fourth-order valence-electron chi connectivity index (χ4n) is 2.19. The zero-order valence-corrected chi connectivity index (χ0v) is 14.3. The van der Waals surface area contributed by atoms with Gasteiger partial charge in [-0.05, 0) is 55.2 Å². The number of hydrogen-bond donors (Lipinski definition) is 1. The summed E-state index contributed by atoms with van der Waals surface area (Å²) >= 11 is 0. The summed E-state index contributed by atoms with van der Waals surface area (Å²) in [6, 6.07) is 15.5. The molecule has 3 nitrogen and oxygen atoms in total. The smallest absolute Gasteiger partial charge is 0.255 e. The highest BCUT2D eigenvalue weighted by molar-refractivity contribution is 6.04. The predicted molar refractivity (Wildman–Crippen MR) is 94.9 cm³/mol. The van der Waals surface area contributed by atoms with Gasteiger partial charge in [-0.2, -0.15) is 0 Å². The van der Waals surface area contributed by atoms with Gasteiger partial charge in [0.2, 0.25) is 0 Å². The average Bonchev–Trinajstić information content (AvgIpc) is 2.53. The van der Waals surface area contributed by atoms with Crippen LogP contribution in [0.2, 0.25) is 0 Å². The Kier molecular flexibility index (Phi) is 5.94. The van der Waals surface area contributed by atoms with Crippen LogP contribution in [-0.4, -0.2) is 12.0 Å². The Morgan fingerprint density at radius 2 is 1.74 bits per heavy atom. The molecule has 1 amide bonds. The molecule has 0 saturated heterocycles. The number of hydrogen-bond acceptors (Lipinski definition) is 2. The van der Waals surface area contributed by atoms with E-state index in [1.165, 1.54) is 5.56 Å². The van der Waals surface area contributed by atoms with E-state index in [9.17, 15) is 4.79 Å². The Bertz CT molecular complexity index is 645. The molecule has 0 aliphatic heterocycles. The fourth-order valence-corrected chi connectivity index (χ4v) is 2.19. The van der Waals surface area contributed by atoms with Crippen LogP contribution in [0, 0.1) is 0 Å².